The molecule has 0 spiro atoms. The van der Waals surface area contributed by atoms with E-state index in [1.165, 1.54) is 5.56 Å². The Morgan fingerprint density at radius 1 is 1.38 bits per heavy atom. The van der Waals surface area contributed by atoms with E-state index in [9.17, 15) is 0 Å². The third-order valence-corrected chi connectivity index (χ3v) is 2.97. The van der Waals surface area contributed by atoms with Crippen LogP contribution in [-0.4, -0.2) is 9.97 Å². The second-order valence-electron chi connectivity index (χ2n) is 3.56. The summed E-state index contributed by atoms with van der Waals surface area (Å²) in [4.78, 5) is 7.48. The Hall–Kier alpha value is -1.60. The number of halogens is 1. The second-order valence-corrected chi connectivity index (χ2v) is 4.31. The molecule has 0 unspecified atom stereocenters. The molecule has 1 N–H and O–H groups in total. The minimum Gasteiger partial charge on any atom is -0.340 e. The topological polar surface area (TPSA) is 52.5 Å². The first-order valence-corrected chi connectivity index (χ1v) is 5.68. The highest BCUT2D eigenvalue weighted by Crippen LogP contribution is 2.22. The standard InChI is InChI=1S/C12H10BrN3/c1-8-2-4-9(5-3-8)12-15-10(6-7-14)11(13)16-12/h2-5H,6H2,1H3,(H,15,16). The number of hydrogen-bond donors (Lipinski definition) is 1. The molecule has 0 atom stereocenters. The lowest BCUT2D eigenvalue weighted by atomic mass is 10.1. The van der Waals surface area contributed by atoms with E-state index < -0.39 is 0 Å². The summed E-state index contributed by atoms with van der Waals surface area (Å²) in [7, 11) is 0. The number of nitriles is 1. The van der Waals surface area contributed by atoms with Crippen LogP contribution in [0.4, 0.5) is 0 Å². The third-order valence-electron chi connectivity index (χ3n) is 2.31. The van der Waals surface area contributed by atoms with Crippen molar-refractivity contribution >= 4 is 15.9 Å². The summed E-state index contributed by atoms with van der Waals surface area (Å²) in [5.74, 6) is 0.789. The van der Waals surface area contributed by atoms with Gasteiger partial charge in [-0.1, -0.05) is 29.8 Å². The number of benzene rings is 1. The number of rotatable bonds is 2. The van der Waals surface area contributed by atoms with Gasteiger partial charge in [0.25, 0.3) is 0 Å². The van der Waals surface area contributed by atoms with Gasteiger partial charge >= 0.3 is 0 Å². The maximum absolute atomic E-state index is 8.64. The van der Waals surface area contributed by atoms with Crippen molar-refractivity contribution in [3.8, 4) is 17.5 Å². The van der Waals surface area contributed by atoms with E-state index in [-0.39, 0.29) is 0 Å². The number of aromatic amines is 1. The van der Waals surface area contributed by atoms with Crippen LogP contribution in [0.1, 0.15) is 11.3 Å². The average Bonchev–Trinajstić information content (AvgIpc) is 2.62. The van der Waals surface area contributed by atoms with Crippen LogP contribution in [-0.2, 0) is 6.42 Å². The summed E-state index contributed by atoms with van der Waals surface area (Å²) < 4.78 is 0.713. The minimum absolute atomic E-state index is 0.333. The van der Waals surface area contributed by atoms with Gasteiger partial charge < -0.3 is 4.98 Å². The monoisotopic (exact) mass is 275 g/mol. The zero-order valence-corrected chi connectivity index (χ0v) is 10.4. The first-order chi connectivity index (χ1) is 7.70. The van der Waals surface area contributed by atoms with Gasteiger partial charge in [-0.3, -0.25) is 0 Å². The molecule has 2 rings (SSSR count). The van der Waals surface area contributed by atoms with E-state index in [1.807, 2.05) is 31.2 Å². The molecule has 2 aromatic rings. The van der Waals surface area contributed by atoms with E-state index in [2.05, 4.69) is 32.0 Å². The van der Waals surface area contributed by atoms with E-state index >= 15 is 0 Å². The fourth-order valence-electron chi connectivity index (χ4n) is 1.43. The largest absolute Gasteiger partial charge is 0.340 e. The van der Waals surface area contributed by atoms with Crippen LogP contribution in [0, 0.1) is 18.3 Å². The molecule has 16 heavy (non-hydrogen) atoms. The maximum Gasteiger partial charge on any atom is 0.138 e. The van der Waals surface area contributed by atoms with E-state index in [4.69, 9.17) is 5.26 Å². The van der Waals surface area contributed by atoms with Gasteiger partial charge in [0, 0.05) is 5.56 Å². The summed E-state index contributed by atoms with van der Waals surface area (Å²) in [5, 5.41) is 8.64. The van der Waals surface area contributed by atoms with Gasteiger partial charge in [-0.2, -0.15) is 5.26 Å². The van der Waals surface area contributed by atoms with Crippen molar-refractivity contribution in [2.24, 2.45) is 0 Å². The van der Waals surface area contributed by atoms with Crippen molar-refractivity contribution in [2.75, 3.05) is 0 Å². The SMILES string of the molecule is Cc1ccc(-c2nc(Br)c(CC#N)[nH]2)cc1. The first-order valence-electron chi connectivity index (χ1n) is 4.89. The van der Waals surface area contributed by atoms with E-state index in [0.29, 0.717) is 11.0 Å². The average molecular weight is 276 g/mol. The van der Waals surface area contributed by atoms with Crippen molar-refractivity contribution in [2.45, 2.75) is 13.3 Å². The molecule has 0 aliphatic rings. The van der Waals surface area contributed by atoms with Crippen molar-refractivity contribution in [3.63, 3.8) is 0 Å². The highest BCUT2D eigenvalue weighted by Gasteiger charge is 2.08. The molecule has 3 nitrogen and oxygen atoms in total. The van der Waals surface area contributed by atoms with Crippen LogP contribution in [0.2, 0.25) is 0 Å². The van der Waals surface area contributed by atoms with Gasteiger partial charge in [0.15, 0.2) is 0 Å². The number of aromatic nitrogens is 2. The summed E-state index contributed by atoms with van der Waals surface area (Å²) in [5.41, 5.74) is 3.06. The number of H-pyrrole nitrogens is 1. The Labute approximate surface area is 102 Å². The highest BCUT2D eigenvalue weighted by atomic mass is 79.9. The van der Waals surface area contributed by atoms with Crippen LogP contribution < -0.4 is 0 Å². The Morgan fingerprint density at radius 2 is 2.06 bits per heavy atom. The molecule has 0 radical (unpaired) electrons. The lowest BCUT2D eigenvalue weighted by molar-refractivity contribution is 1.15. The zero-order valence-electron chi connectivity index (χ0n) is 8.79. The Morgan fingerprint density at radius 3 is 2.69 bits per heavy atom. The van der Waals surface area contributed by atoms with Gasteiger partial charge in [0.2, 0.25) is 0 Å². The number of imidazole rings is 1. The second kappa shape index (κ2) is 4.50. The molecule has 1 aromatic heterocycles. The summed E-state index contributed by atoms with van der Waals surface area (Å²) in [6, 6.07) is 10.2. The molecule has 0 saturated carbocycles. The number of aryl methyl sites for hydroxylation is 1. The fourth-order valence-corrected chi connectivity index (χ4v) is 1.85. The van der Waals surface area contributed by atoms with Crippen LogP contribution in [0.3, 0.4) is 0 Å². The van der Waals surface area contributed by atoms with Crippen LogP contribution >= 0.6 is 15.9 Å². The van der Waals surface area contributed by atoms with Gasteiger partial charge in [0.1, 0.15) is 10.4 Å². The summed E-state index contributed by atoms with van der Waals surface area (Å²) in [6.45, 7) is 2.04. The number of hydrogen-bond acceptors (Lipinski definition) is 2. The normalized spacial score (nSPS) is 10.1. The van der Waals surface area contributed by atoms with Crippen molar-refractivity contribution < 1.29 is 0 Å². The Kier molecular flexibility index (Phi) is 3.07. The lowest BCUT2D eigenvalue weighted by Crippen LogP contribution is -1.83. The number of nitrogens with zero attached hydrogens (tertiary/aromatic N) is 2. The Bertz CT molecular complexity index is 534. The summed E-state index contributed by atoms with van der Waals surface area (Å²) in [6.07, 6.45) is 0.333. The van der Waals surface area contributed by atoms with Crippen molar-refractivity contribution in [3.05, 3.63) is 40.1 Å². The molecule has 4 heteroatoms. The van der Waals surface area contributed by atoms with Crippen molar-refractivity contribution in [1.82, 2.24) is 9.97 Å². The molecule has 0 aliphatic carbocycles. The van der Waals surface area contributed by atoms with Crippen LogP contribution in [0.15, 0.2) is 28.9 Å². The smallest absolute Gasteiger partial charge is 0.138 e. The fraction of sp³-hybridized carbons (Fsp3) is 0.167. The molecular formula is C12H10BrN3. The van der Waals surface area contributed by atoms with Gasteiger partial charge in [-0.15, -0.1) is 0 Å². The Balaban J connectivity index is 2.38. The van der Waals surface area contributed by atoms with Gasteiger partial charge in [-0.25, -0.2) is 4.98 Å². The molecule has 1 aromatic carbocycles. The minimum atomic E-state index is 0.333. The predicted molar refractivity (Wildman–Crippen MR) is 65.8 cm³/mol. The molecule has 0 saturated heterocycles. The summed E-state index contributed by atoms with van der Waals surface area (Å²) >= 11 is 3.34. The molecule has 80 valence electrons. The molecule has 0 fully saturated rings. The first kappa shape index (κ1) is 10.9. The third kappa shape index (κ3) is 2.15. The molecule has 0 aliphatic heterocycles. The van der Waals surface area contributed by atoms with E-state index in [1.54, 1.807) is 0 Å². The zero-order chi connectivity index (χ0) is 11.5. The molecule has 0 bridgehead atoms. The molecule has 0 amide bonds. The quantitative estimate of drug-likeness (QED) is 0.915. The van der Waals surface area contributed by atoms with E-state index in [0.717, 1.165) is 17.1 Å². The molecular weight excluding hydrogens is 266 g/mol. The lowest BCUT2D eigenvalue weighted by Gasteiger charge is -1.96. The van der Waals surface area contributed by atoms with Crippen LogP contribution in [0.25, 0.3) is 11.4 Å². The maximum atomic E-state index is 8.64. The predicted octanol–water partition coefficient (Wildman–Crippen LogP) is 3.21. The highest BCUT2D eigenvalue weighted by molar-refractivity contribution is 9.10. The van der Waals surface area contributed by atoms with Crippen molar-refractivity contribution in [1.29, 1.82) is 5.26 Å². The van der Waals surface area contributed by atoms with Gasteiger partial charge in [0.05, 0.1) is 18.2 Å². The number of nitrogens with one attached hydrogen (secondary N) is 1. The van der Waals surface area contributed by atoms with Gasteiger partial charge in [-0.05, 0) is 22.9 Å². The molecule has 1 heterocycles. The van der Waals surface area contributed by atoms with Crippen LogP contribution in [0.5, 0.6) is 0 Å².